The van der Waals surface area contributed by atoms with Crippen LogP contribution in [-0.2, 0) is 9.22 Å². The van der Waals surface area contributed by atoms with Gasteiger partial charge in [0, 0.05) is 18.2 Å². The molecule has 11 nitrogen and oxygen atoms in total. The molecule has 0 fully saturated rings. The van der Waals surface area contributed by atoms with Crippen molar-refractivity contribution in [3.63, 3.8) is 0 Å². The van der Waals surface area contributed by atoms with Gasteiger partial charge in [0.1, 0.15) is 18.2 Å². The first-order valence-electron chi connectivity index (χ1n) is 14.4. The Kier molecular flexibility index (Phi) is 7.96. The van der Waals surface area contributed by atoms with E-state index in [0.717, 1.165) is 22.5 Å². The second-order valence-electron chi connectivity index (χ2n) is 12.5. The Hall–Kier alpha value is -4.73. The van der Waals surface area contributed by atoms with Crippen LogP contribution in [0.25, 0.3) is 22.7 Å². The third kappa shape index (κ3) is 5.76. The molecule has 226 valence electrons. The molecule has 44 heavy (non-hydrogen) atoms. The van der Waals surface area contributed by atoms with E-state index in [-0.39, 0.29) is 17.0 Å². The number of nitriles is 1. The molecule has 0 bridgehead atoms. The summed E-state index contributed by atoms with van der Waals surface area (Å²) < 4.78 is 10.3. The van der Waals surface area contributed by atoms with Gasteiger partial charge in [-0.2, -0.15) is 15.5 Å². The number of aryl methyl sites for hydroxylation is 2. The Balaban J connectivity index is 1.59. The highest BCUT2D eigenvalue weighted by Crippen LogP contribution is 2.40. The van der Waals surface area contributed by atoms with Crippen LogP contribution >= 0.6 is 0 Å². The number of benzene rings is 1. The van der Waals surface area contributed by atoms with Crippen molar-refractivity contribution in [3.05, 3.63) is 77.5 Å². The van der Waals surface area contributed by atoms with Crippen molar-refractivity contribution < 1.29 is 9.22 Å². The van der Waals surface area contributed by atoms with E-state index in [9.17, 15) is 10.1 Å². The summed E-state index contributed by atoms with van der Waals surface area (Å²) in [6.45, 7) is 18.4. The van der Waals surface area contributed by atoms with E-state index in [0.29, 0.717) is 34.4 Å². The molecule has 12 heteroatoms. The Morgan fingerprint density at radius 3 is 2.43 bits per heavy atom. The first kappa shape index (κ1) is 30.7. The molecular formula is C32H37N9O2Si. The zero-order valence-corrected chi connectivity index (χ0v) is 27.6. The van der Waals surface area contributed by atoms with Gasteiger partial charge in [-0.05, 0) is 87.4 Å². The minimum atomic E-state index is -2.10. The molecule has 0 aliphatic rings. The number of rotatable bonds is 7. The average Bonchev–Trinajstić information content (AvgIpc) is 3.55. The molecule has 5 rings (SSSR count). The van der Waals surface area contributed by atoms with Crippen molar-refractivity contribution in [1.82, 2.24) is 34.5 Å². The lowest BCUT2D eigenvalue weighted by atomic mass is 10.1. The van der Waals surface area contributed by atoms with Gasteiger partial charge in [0.2, 0.25) is 5.91 Å². The second-order valence-corrected chi connectivity index (χ2v) is 17.2. The van der Waals surface area contributed by atoms with Gasteiger partial charge in [-0.15, -0.1) is 5.10 Å². The maximum absolute atomic E-state index is 12.6. The molecule has 1 aromatic carbocycles. The Labute approximate surface area is 258 Å². The summed E-state index contributed by atoms with van der Waals surface area (Å²) in [6.07, 6.45) is 1.45. The number of carbonyl (C=O) groups is 1. The lowest BCUT2D eigenvalue weighted by Gasteiger charge is -2.38. The number of hydrogen-bond acceptors (Lipinski definition) is 8. The minimum absolute atomic E-state index is 0.0307. The largest absolute Gasteiger partial charge is 0.410 e. The van der Waals surface area contributed by atoms with Crippen LogP contribution in [0.15, 0.2) is 54.9 Å². The number of pyridine rings is 1. The van der Waals surface area contributed by atoms with Crippen LogP contribution in [0.3, 0.4) is 0 Å². The maximum atomic E-state index is 12.6. The van der Waals surface area contributed by atoms with Crippen LogP contribution in [0.1, 0.15) is 63.4 Å². The van der Waals surface area contributed by atoms with Crippen LogP contribution in [0.5, 0.6) is 0 Å². The van der Waals surface area contributed by atoms with E-state index in [1.165, 1.54) is 11.8 Å². The number of aromatic nitrogens is 7. The molecule has 0 N–H and O–H groups in total. The molecule has 5 aromatic rings. The lowest BCUT2D eigenvalue weighted by Crippen LogP contribution is -2.41. The third-order valence-corrected chi connectivity index (χ3v) is 12.7. The summed E-state index contributed by atoms with van der Waals surface area (Å²) in [5.74, 6) is 1.46. The van der Waals surface area contributed by atoms with Gasteiger partial charge in [-0.3, -0.25) is 14.3 Å². The smallest absolute Gasteiger partial charge is 0.229 e. The highest BCUT2D eigenvalue weighted by molar-refractivity contribution is 6.74. The quantitative estimate of drug-likeness (QED) is 0.188. The summed E-state index contributed by atoms with van der Waals surface area (Å²) in [5, 5.41) is 22.4. The van der Waals surface area contributed by atoms with Crippen LogP contribution in [-0.4, -0.2) is 48.7 Å². The molecular weight excluding hydrogens is 570 g/mol. The summed E-state index contributed by atoms with van der Waals surface area (Å²) >= 11 is 0. The topological polar surface area (TPSA) is 128 Å². The lowest BCUT2D eigenvalue weighted by molar-refractivity contribution is -0.115. The number of fused-ring (bicyclic) bond motifs is 1. The van der Waals surface area contributed by atoms with E-state index < -0.39 is 8.32 Å². The number of imidazole rings is 1. The fourth-order valence-electron chi connectivity index (χ4n) is 4.81. The number of amides is 1. The molecule has 0 aliphatic heterocycles. The number of hydrogen-bond donors (Lipinski definition) is 0. The van der Waals surface area contributed by atoms with Crippen molar-refractivity contribution in [1.29, 1.82) is 5.26 Å². The summed E-state index contributed by atoms with van der Waals surface area (Å²) in [5.41, 5.74) is 4.85. The highest BCUT2D eigenvalue weighted by atomic mass is 28.4. The number of anilines is 2. The zero-order valence-electron chi connectivity index (χ0n) is 26.6. The monoisotopic (exact) mass is 607 g/mol. The summed E-state index contributed by atoms with van der Waals surface area (Å²) in [7, 11) is -2.10. The van der Waals surface area contributed by atoms with Gasteiger partial charge >= 0.3 is 0 Å². The molecule has 1 atom stereocenters. The van der Waals surface area contributed by atoms with Crippen molar-refractivity contribution in [2.24, 2.45) is 0 Å². The minimum Gasteiger partial charge on any atom is -0.410 e. The Morgan fingerprint density at radius 1 is 1.07 bits per heavy atom. The third-order valence-electron chi connectivity index (χ3n) is 8.17. The fraction of sp³-hybridized carbons (Fsp3) is 0.344. The van der Waals surface area contributed by atoms with Crippen molar-refractivity contribution in [2.75, 3.05) is 4.90 Å². The zero-order chi connectivity index (χ0) is 32.0. The van der Waals surface area contributed by atoms with Crippen molar-refractivity contribution >= 4 is 36.8 Å². The van der Waals surface area contributed by atoms with Crippen LogP contribution in [0.4, 0.5) is 11.5 Å². The predicted molar refractivity (Wildman–Crippen MR) is 172 cm³/mol. The van der Waals surface area contributed by atoms with Gasteiger partial charge in [0.05, 0.1) is 28.5 Å². The van der Waals surface area contributed by atoms with E-state index in [2.05, 4.69) is 60.2 Å². The molecule has 0 saturated heterocycles. The molecule has 0 unspecified atom stereocenters. The Bertz CT molecular complexity index is 1900. The van der Waals surface area contributed by atoms with Gasteiger partial charge in [-0.1, -0.05) is 20.8 Å². The first-order chi connectivity index (χ1) is 20.7. The van der Waals surface area contributed by atoms with Gasteiger partial charge in [0.15, 0.2) is 25.6 Å². The fourth-order valence-corrected chi connectivity index (χ4v) is 6.17. The van der Waals surface area contributed by atoms with Crippen molar-refractivity contribution in [3.8, 4) is 17.7 Å². The van der Waals surface area contributed by atoms with Crippen molar-refractivity contribution in [2.45, 2.75) is 72.7 Å². The summed E-state index contributed by atoms with van der Waals surface area (Å²) in [4.78, 5) is 23.8. The standard InChI is InChI=1S/C32H37N9O2Si/c1-20-10-14-30(37-36-20)40(23(4)42)25-11-13-28-27(17-25)34-19-39(28)29-15-12-26(22(3)43-44(8,9)32(5,6)7)31(35-29)41-21(2)16-24(18-33)38-41/h10-17,19,22H,1-9H3/t22-/m0/s1. The number of carbonyl (C=O) groups excluding carboxylic acids is 1. The van der Waals surface area contributed by atoms with E-state index in [4.69, 9.17) is 9.41 Å². The average molecular weight is 608 g/mol. The SMILES string of the molecule is CC(=O)N(c1ccc2c(c1)ncn2-c1ccc([C@H](C)O[Si](C)(C)C(C)(C)C)c(-n2nc(C#N)cc2C)n1)c1ccc(C)nn1. The van der Waals surface area contributed by atoms with Crippen LogP contribution in [0, 0.1) is 25.2 Å². The molecule has 4 heterocycles. The molecule has 0 saturated carbocycles. The molecule has 0 aliphatic carbocycles. The van der Waals surface area contributed by atoms with Gasteiger partial charge < -0.3 is 4.43 Å². The van der Waals surface area contributed by atoms with Crippen LogP contribution < -0.4 is 4.90 Å². The summed E-state index contributed by atoms with van der Waals surface area (Å²) in [6, 6.07) is 17.0. The molecule has 0 spiro atoms. The Morgan fingerprint density at radius 2 is 1.82 bits per heavy atom. The van der Waals surface area contributed by atoms with Gasteiger partial charge in [0.25, 0.3) is 0 Å². The van der Waals surface area contributed by atoms with Gasteiger partial charge in [-0.25, -0.2) is 14.6 Å². The maximum Gasteiger partial charge on any atom is 0.229 e. The van der Waals surface area contributed by atoms with E-state index >= 15 is 0 Å². The highest BCUT2D eigenvalue weighted by Gasteiger charge is 2.39. The predicted octanol–water partition coefficient (Wildman–Crippen LogP) is 6.65. The van der Waals surface area contributed by atoms with E-state index in [1.807, 2.05) is 61.7 Å². The normalized spacial score (nSPS) is 12.7. The first-order valence-corrected chi connectivity index (χ1v) is 17.4. The molecule has 1 amide bonds. The molecule has 0 radical (unpaired) electrons. The second kappa shape index (κ2) is 11.4. The van der Waals surface area contributed by atoms with Crippen LogP contribution in [0.2, 0.25) is 18.1 Å². The molecule has 4 aromatic heterocycles. The number of nitrogens with zero attached hydrogens (tertiary/aromatic N) is 9. The van der Waals surface area contributed by atoms with E-state index in [1.54, 1.807) is 23.1 Å².